The van der Waals surface area contributed by atoms with Crippen LogP contribution in [0, 0.1) is 35.8 Å². The fraction of sp³-hybridized carbons (Fsp3) is 0.442. The quantitative estimate of drug-likeness (QED) is 0.126. The van der Waals surface area contributed by atoms with E-state index in [0.717, 1.165) is 24.7 Å². The molecule has 0 saturated heterocycles. The van der Waals surface area contributed by atoms with Gasteiger partial charge in [-0.15, -0.1) is 58.4 Å². The summed E-state index contributed by atoms with van der Waals surface area (Å²) in [7, 11) is 6.22. The van der Waals surface area contributed by atoms with Gasteiger partial charge in [-0.3, -0.25) is 0 Å². The van der Waals surface area contributed by atoms with Crippen LogP contribution < -0.4 is 0 Å². The molecule has 4 aromatic carbocycles. The fourth-order valence-corrected chi connectivity index (χ4v) is 9.65. The molecule has 4 bridgehead atoms. The van der Waals surface area contributed by atoms with Gasteiger partial charge in [-0.05, 0) is 85.2 Å². The average Bonchev–Trinajstić information content (AvgIpc) is 3.66. The van der Waals surface area contributed by atoms with Crippen molar-refractivity contribution in [3.05, 3.63) is 118 Å². The maximum Gasteiger partial charge on any atom is 0.0502 e. The third kappa shape index (κ3) is 6.20. The summed E-state index contributed by atoms with van der Waals surface area (Å²) in [6, 6.07) is 35.7. The molecule has 0 atom stereocenters. The predicted molar refractivity (Wildman–Crippen MR) is 196 cm³/mol. The summed E-state index contributed by atoms with van der Waals surface area (Å²) in [6.07, 6.45) is 9.14. The van der Waals surface area contributed by atoms with Gasteiger partial charge in [0.2, 0.25) is 0 Å². The zero-order valence-corrected chi connectivity index (χ0v) is 32.3. The molecule has 3 heteroatoms. The van der Waals surface area contributed by atoms with Gasteiger partial charge >= 0.3 is 0 Å². The molecular formula is C43H51B2Y-2. The molecule has 0 N–H and O–H groups in total. The van der Waals surface area contributed by atoms with E-state index in [1.807, 2.05) is 41.5 Å². The maximum atomic E-state index is 4.72. The van der Waals surface area contributed by atoms with Crippen molar-refractivity contribution in [3.63, 3.8) is 0 Å². The van der Waals surface area contributed by atoms with Crippen LogP contribution in [-0.4, -0.2) is 14.9 Å². The van der Waals surface area contributed by atoms with E-state index in [1.165, 1.54) is 89.3 Å². The van der Waals surface area contributed by atoms with Crippen molar-refractivity contribution in [3.8, 4) is 22.3 Å². The second kappa shape index (κ2) is 16.5. The van der Waals surface area contributed by atoms with E-state index in [4.69, 9.17) is 7.74 Å². The van der Waals surface area contributed by atoms with Gasteiger partial charge in [-0.1, -0.05) is 101 Å². The van der Waals surface area contributed by atoms with Crippen molar-refractivity contribution < 1.29 is 32.7 Å². The van der Waals surface area contributed by atoms with Crippen molar-refractivity contribution in [1.29, 1.82) is 0 Å². The molecule has 4 radical (unpaired) electrons. The van der Waals surface area contributed by atoms with Gasteiger partial charge in [0.1, 0.15) is 0 Å². The Morgan fingerprint density at radius 2 is 1.20 bits per heavy atom. The van der Waals surface area contributed by atoms with Gasteiger partial charge in [0.05, 0.1) is 7.17 Å². The summed E-state index contributed by atoms with van der Waals surface area (Å²) in [5.74, 6) is 3.30. The van der Waals surface area contributed by atoms with E-state index in [2.05, 4.69) is 84.9 Å². The molecule has 46 heavy (non-hydrogen) atoms. The van der Waals surface area contributed by atoms with Crippen molar-refractivity contribution in [2.75, 3.05) is 0 Å². The Balaban J connectivity index is 0.000000442. The summed E-state index contributed by atoms with van der Waals surface area (Å²) in [5.41, 5.74) is 14.7. The summed E-state index contributed by atoms with van der Waals surface area (Å²) < 4.78 is 0. The topological polar surface area (TPSA) is 0 Å². The van der Waals surface area contributed by atoms with Gasteiger partial charge in [-0.2, -0.15) is 18.2 Å². The van der Waals surface area contributed by atoms with Crippen molar-refractivity contribution in [2.24, 2.45) is 23.7 Å². The Hall–Kier alpha value is -1.89. The van der Waals surface area contributed by atoms with Crippen molar-refractivity contribution in [1.82, 2.24) is 0 Å². The first-order valence-corrected chi connectivity index (χ1v) is 18.0. The number of hydrogen-bond acceptors (Lipinski definition) is 0. The zero-order chi connectivity index (χ0) is 32.1. The molecule has 0 unspecified atom stereocenters. The fourth-order valence-electron chi connectivity index (χ4n) is 9.65. The van der Waals surface area contributed by atoms with Gasteiger partial charge in [-0.25, -0.2) is 0 Å². The number of hydrogen-bond donors (Lipinski definition) is 0. The van der Waals surface area contributed by atoms with Crippen molar-refractivity contribution >= 4 is 14.9 Å². The Morgan fingerprint density at radius 3 is 1.80 bits per heavy atom. The first kappa shape index (κ1) is 36.9. The van der Waals surface area contributed by atoms with E-state index < -0.39 is 0 Å². The first-order valence-electron chi connectivity index (χ1n) is 18.0. The van der Waals surface area contributed by atoms with E-state index >= 15 is 0 Å². The molecule has 0 aromatic heterocycles. The number of fused-ring (bicyclic) bond motifs is 6. The first-order chi connectivity index (χ1) is 22.2. The van der Waals surface area contributed by atoms with Crippen LogP contribution in [0.2, 0.25) is 6.82 Å². The Morgan fingerprint density at radius 1 is 0.652 bits per heavy atom. The van der Waals surface area contributed by atoms with E-state index in [1.54, 1.807) is 12.4 Å². The van der Waals surface area contributed by atoms with Crippen LogP contribution in [0.25, 0.3) is 22.3 Å². The van der Waals surface area contributed by atoms with Gasteiger partial charge in [0.25, 0.3) is 0 Å². The smallest absolute Gasteiger partial charge is 0.0502 e. The molecule has 0 spiro atoms. The van der Waals surface area contributed by atoms with Gasteiger partial charge in [0.15, 0.2) is 0 Å². The largest absolute Gasteiger partial charge is 0.179 e. The predicted octanol–water partition coefficient (Wildman–Crippen LogP) is 11.1. The van der Waals surface area contributed by atoms with E-state index in [-0.39, 0.29) is 38.1 Å². The molecule has 4 saturated carbocycles. The minimum absolute atomic E-state index is 0. The van der Waals surface area contributed by atoms with Gasteiger partial charge in [0, 0.05) is 40.4 Å². The molecule has 0 aliphatic heterocycles. The third-order valence-corrected chi connectivity index (χ3v) is 10.8. The molecule has 10 rings (SSSR count). The molecular weight excluding hydrogens is 627 g/mol. The zero-order valence-electron chi connectivity index (χ0n) is 29.4. The monoisotopic (exact) mass is 678 g/mol. The molecule has 0 amide bonds. The van der Waals surface area contributed by atoms with E-state index in [0.29, 0.717) is 11.8 Å². The minimum Gasteiger partial charge on any atom is -0.179 e. The molecule has 0 nitrogen and oxygen atoms in total. The normalized spacial score (nSPS) is 24.2. The van der Waals surface area contributed by atoms with Gasteiger partial charge < -0.3 is 0 Å². The van der Waals surface area contributed by atoms with Crippen LogP contribution in [0.3, 0.4) is 0 Å². The standard InChI is InChI=1S/C36H30.3C2H6.CH3B2.Y/c1-4-9-31-24(6-1)19-26-12-13-27(21-33(26)31)36(28-15-22-14-23(17-28)18-29(36)16-22)35-11-5-10-32-30-8-3-2-7-25(30)20-34(32)35;3*1-2;1-3-2;/h1-10,12-13,22-23,28-29H,14-20H2;3*1-2H3;1H3;/q-2;;;;;. The molecule has 6 aliphatic carbocycles. The summed E-state index contributed by atoms with van der Waals surface area (Å²) in [5, 5.41) is 0. The Labute approximate surface area is 308 Å². The third-order valence-electron chi connectivity index (χ3n) is 10.8. The second-order valence-electron chi connectivity index (χ2n) is 12.7. The average molecular weight is 678 g/mol. The Kier molecular flexibility index (Phi) is 13.2. The number of benzene rings is 4. The van der Waals surface area contributed by atoms with Crippen LogP contribution in [-0.2, 0) is 51.0 Å². The minimum atomic E-state index is 0. The molecule has 0 heterocycles. The summed E-state index contributed by atoms with van der Waals surface area (Å²) >= 11 is 0. The Bertz CT molecular complexity index is 1560. The maximum absolute atomic E-state index is 4.72. The van der Waals surface area contributed by atoms with Crippen LogP contribution in [0.15, 0.2) is 72.8 Å². The molecule has 234 valence electrons. The second-order valence-corrected chi connectivity index (χ2v) is 12.7. The van der Waals surface area contributed by atoms with Crippen LogP contribution in [0.4, 0.5) is 0 Å². The molecule has 6 aliphatic rings. The SMILES string of the molecule is CC.CC.CC.[B][B]C.[Y].[c-]1c(C2(c3[c-]ccc4c3Cc3ccccc3-4)C3CC4CC(C3)CC2C4)ccc2c1-c1ccccc1C2. The molecule has 4 fully saturated rings. The van der Waals surface area contributed by atoms with Crippen LogP contribution >= 0.6 is 0 Å². The number of rotatable bonds is 2. The summed E-state index contributed by atoms with van der Waals surface area (Å²) in [6.45, 7) is 13.8. The molecule has 4 aromatic rings. The van der Waals surface area contributed by atoms with Crippen molar-refractivity contribution in [2.45, 2.75) is 98.7 Å². The summed E-state index contributed by atoms with van der Waals surface area (Å²) in [4.78, 5) is 0. The van der Waals surface area contributed by atoms with E-state index in [9.17, 15) is 0 Å². The van der Waals surface area contributed by atoms with Crippen LogP contribution in [0.5, 0.6) is 0 Å². The van der Waals surface area contributed by atoms with Crippen LogP contribution in [0.1, 0.15) is 107 Å².